The molecule has 150 valence electrons. The number of halogens is 2. The molecule has 0 aliphatic rings. The summed E-state index contributed by atoms with van der Waals surface area (Å²) in [5.74, 6) is -0.300. The molecule has 12 heteroatoms. The van der Waals surface area contributed by atoms with Crippen molar-refractivity contribution in [3.63, 3.8) is 0 Å². The molecule has 3 aromatic rings. The standard InChI is InChI=1S/C16H17FIN5O4S/c1-27-13-6-9-8-19-22-14(9)16(15(13)23-28(25,26)20-4-5-24)21-12-3-2-10(18)7-11(12)17/h2-3,6-8,20-21,23-24H,4-5H2,1H3,(H,19,22). The Morgan fingerprint density at radius 1 is 1.32 bits per heavy atom. The average Bonchev–Trinajstić information content (AvgIpc) is 3.11. The third-order valence-corrected chi connectivity index (χ3v) is 5.48. The molecule has 0 spiro atoms. The zero-order valence-electron chi connectivity index (χ0n) is 14.6. The second-order valence-corrected chi connectivity index (χ2v) is 8.38. The van der Waals surface area contributed by atoms with Crippen molar-refractivity contribution in [2.75, 3.05) is 30.3 Å². The first-order valence-corrected chi connectivity index (χ1v) is 10.5. The van der Waals surface area contributed by atoms with Crippen LogP contribution in [0.5, 0.6) is 5.75 Å². The summed E-state index contributed by atoms with van der Waals surface area (Å²) in [6.07, 6.45) is 1.54. The number of nitrogens with one attached hydrogen (secondary N) is 4. The third-order valence-electron chi connectivity index (χ3n) is 3.75. The number of H-pyrrole nitrogens is 1. The van der Waals surface area contributed by atoms with Crippen LogP contribution in [0, 0.1) is 9.39 Å². The number of ether oxygens (including phenoxy) is 1. The van der Waals surface area contributed by atoms with Crippen LogP contribution >= 0.6 is 22.6 Å². The summed E-state index contributed by atoms with van der Waals surface area (Å²) in [5.41, 5.74) is 0.899. The normalized spacial score (nSPS) is 11.6. The first-order valence-electron chi connectivity index (χ1n) is 7.99. The number of nitrogens with zero attached hydrogens (tertiary/aromatic N) is 1. The molecule has 1 aromatic heterocycles. The predicted molar refractivity (Wildman–Crippen MR) is 113 cm³/mol. The molecule has 0 saturated carbocycles. The van der Waals surface area contributed by atoms with Crippen molar-refractivity contribution >= 4 is 60.8 Å². The Kier molecular flexibility index (Phi) is 6.22. The molecular formula is C16H17FIN5O4S. The van der Waals surface area contributed by atoms with Gasteiger partial charge in [-0.15, -0.1) is 0 Å². The van der Waals surface area contributed by atoms with Crippen LogP contribution in [0.3, 0.4) is 0 Å². The Morgan fingerprint density at radius 2 is 2.11 bits per heavy atom. The molecule has 0 amide bonds. The summed E-state index contributed by atoms with van der Waals surface area (Å²) in [6.45, 7) is -0.533. The number of aliphatic hydroxyl groups excluding tert-OH is 1. The van der Waals surface area contributed by atoms with E-state index in [0.717, 1.165) is 0 Å². The molecular weight excluding hydrogens is 504 g/mol. The summed E-state index contributed by atoms with van der Waals surface area (Å²) in [7, 11) is -2.64. The molecule has 1 heterocycles. The van der Waals surface area contributed by atoms with Crippen molar-refractivity contribution in [1.82, 2.24) is 14.9 Å². The molecule has 0 saturated heterocycles. The molecule has 0 bridgehead atoms. The van der Waals surface area contributed by atoms with E-state index in [1.54, 1.807) is 18.2 Å². The minimum absolute atomic E-state index is 0.0580. The minimum atomic E-state index is -4.02. The summed E-state index contributed by atoms with van der Waals surface area (Å²) < 4.78 is 49.6. The van der Waals surface area contributed by atoms with E-state index in [4.69, 9.17) is 9.84 Å². The summed E-state index contributed by atoms with van der Waals surface area (Å²) >= 11 is 1.99. The monoisotopic (exact) mass is 521 g/mol. The topological polar surface area (TPSA) is 128 Å². The summed E-state index contributed by atoms with van der Waals surface area (Å²) in [5, 5.41) is 19.2. The molecule has 0 fully saturated rings. The molecule has 0 atom stereocenters. The zero-order chi connectivity index (χ0) is 20.3. The zero-order valence-corrected chi connectivity index (χ0v) is 17.6. The van der Waals surface area contributed by atoms with Crippen LogP contribution < -0.4 is 19.5 Å². The smallest absolute Gasteiger partial charge is 0.299 e. The molecule has 3 rings (SSSR count). The van der Waals surface area contributed by atoms with E-state index in [-0.39, 0.29) is 36.0 Å². The molecule has 9 nitrogen and oxygen atoms in total. The molecule has 0 aliphatic heterocycles. The van der Waals surface area contributed by atoms with E-state index in [1.807, 2.05) is 22.6 Å². The highest BCUT2D eigenvalue weighted by Gasteiger charge is 2.21. The van der Waals surface area contributed by atoms with Crippen molar-refractivity contribution in [2.45, 2.75) is 0 Å². The number of rotatable bonds is 8. The SMILES string of the molecule is COc1cc2cn[nH]c2c(Nc2ccc(I)cc2F)c1NS(=O)(=O)NCCO. The molecule has 28 heavy (non-hydrogen) atoms. The molecule has 5 N–H and O–H groups in total. The van der Waals surface area contributed by atoms with E-state index in [2.05, 4.69) is 25.0 Å². The highest BCUT2D eigenvalue weighted by atomic mass is 127. The maximum atomic E-state index is 14.4. The highest BCUT2D eigenvalue weighted by Crippen LogP contribution is 2.41. The van der Waals surface area contributed by atoms with Gasteiger partial charge in [-0.05, 0) is 46.9 Å². The molecule has 0 radical (unpaired) electrons. The van der Waals surface area contributed by atoms with Crippen molar-refractivity contribution in [1.29, 1.82) is 0 Å². The van der Waals surface area contributed by atoms with Crippen LogP contribution in [-0.4, -0.2) is 44.0 Å². The Hall–Kier alpha value is -2.16. The Morgan fingerprint density at radius 3 is 2.79 bits per heavy atom. The van der Waals surface area contributed by atoms with Gasteiger partial charge in [0.15, 0.2) is 0 Å². The fourth-order valence-electron chi connectivity index (χ4n) is 2.53. The second-order valence-electron chi connectivity index (χ2n) is 5.64. The second kappa shape index (κ2) is 8.46. The van der Waals surface area contributed by atoms with Gasteiger partial charge in [0.2, 0.25) is 0 Å². The summed E-state index contributed by atoms with van der Waals surface area (Å²) in [4.78, 5) is 0. The van der Waals surface area contributed by atoms with Gasteiger partial charge in [0.05, 0.1) is 36.8 Å². The van der Waals surface area contributed by atoms with Crippen molar-refractivity contribution in [3.8, 4) is 5.75 Å². The maximum absolute atomic E-state index is 14.4. The van der Waals surface area contributed by atoms with Crippen molar-refractivity contribution in [3.05, 3.63) is 39.8 Å². The van der Waals surface area contributed by atoms with Gasteiger partial charge in [0.25, 0.3) is 10.2 Å². The van der Waals surface area contributed by atoms with Crippen LogP contribution in [0.1, 0.15) is 0 Å². The lowest BCUT2D eigenvalue weighted by Gasteiger charge is -2.18. The van der Waals surface area contributed by atoms with Gasteiger partial charge in [-0.3, -0.25) is 9.82 Å². The average molecular weight is 521 g/mol. The van der Waals surface area contributed by atoms with Crippen molar-refractivity contribution < 1.29 is 22.7 Å². The van der Waals surface area contributed by atoms with E-state index >= 15 is 0 Å². The van der Waals surface area contributed by atoms with Crippen LogP contribution in [0.25, 0.3) is 10.9 Å². The lowest BCUT2D eigenvalue weighted by Crippen LogP contribution is -2.32. The highest BCUT2D eigenvalue weighted by molar-refractivity contribution is 14.1. The van der Waals surface area contributed by atoms with Gasteiger partial charge in [-0.2, -0.15) is 18.2 Å². The Bertz CT molecular complexity index is 1110. The number of fused-ring (bicyclic) bond motifs is 1. The van der Waals surface area contributed by atoms with Crippen molar-refractivity contribution in [2.24, 2.45) is 0 Å². The van der Waals surface area contributed by atoms with Crippen LogP contribution in [0.15, 0.2) is 30.5 Å². The molecule has 0 aliphatic carbocycles. The number of benzene rings is 2. The largest absolute Gasteiger partial charge is 0.494 e. The number of aromatic nitrogens is 2. The van der Waals surface area contributed by atoms with Crippen LogP contribution in [0.2, 0.25) is 0 Å². The van der Waals surface area contributed by atoms with Crippen LogP contribution in [-0.2, 0) is 10.2 Å². The number of methoxy groups -OCH3 is 1. The predicted octanol–water partition coefficient (Wildman–Crippen LogP) is 2.30. The van der Waals surface area contributed by atoms with Crippen LogP contribution in [0.4, 0.5) is 21.5 Å². The number of aliphatic hydroxyl groups is 1. The number of hydrogen-bond acceptors (Lipinski definition) is 6. The fraction of sp³-hybridized carbons (Fsp3) is 0.188. The van der Waals surface area contributed by atoms with Gasteiger partial charge < -0.3 is 15.2 Å². The lowest BCUT2D eigenvalue weighted by atomic mass is 10.1. The summed E-state index contributed by atoms with van der Waals surface area (Å²) in [6, 6.07) is 6.20. The fourth-order valence-corrected chi connectivity index (χ4v) is 3.89. The Balaban J connectivity index is 2.14. The van der Waals surface area contributed by atoms with Gasteiger partial charge in [0.1, 0.15) is 17.3 Å². The molecule has 0 unspecified atom stereocenters. The minimum Gasteiger partial charge on any atom is -0.494 e. The maximum Gasteiger partial charge on any atom is 0.299 e. The van der Waals surface area contributed by atoms with E-state index < -0.39 is 16.0 Å². The lowest BCUT2D eigenvalue weighted by molar-refractivity contribution is 0.301. The van der Waals surface area contributed by atoms with Gasteiger partial charge in [-0.25, -0.2) is 4.39 Å². The van der Waals surface area contributed by atoms with Gasteiger partial charge in [-0.1, -0.05) is 0 Å². The van der Waals surface area contributed by atoms with E-state index in [1.165, 1.54) is 19.4 Å². The van der Waals surface area contributed by atoms with Gasteiger partial charge >= 0.3 is 0 Å². The third kappa shape index (κ3) is 4.45. The van der Waals surface area contributed by atoms with Gasteiger partial charge in [0, 0.05) is 15.5 Å². The van der Waals surface area contributed by atoms with E-state index in [9.17, 15) is 12.8 Å². The first-order chi connectivity index (χ1) is 13.3. The quantitative estimate of drug-likeness (QED) is 0.290. The first kappa shape index (κ1) is 20.6. The molecule has 2 aromatic carbocycles. The number of aromatic amines is 1. The van der Waals surface area contributed by atoms with E-state index in [0.29, 0.717) is 14.5 Å². The number of anilines is 3. The Labute approximate surface area is 174 Å². The number of hydrogen-bond donors (Lipinski definition) is 5.